The fourth-order valence-electron chi connectivity index (χ4n) is 2.58. The van der Waals surface area contributed by atoms with Gasteiger partial charge in [-0.1, -0.05) is 6.07 Å². The second-order valence-corrected chi connectivity index (χ2v) is 6.21. The van der Waals surface area contributed by atoms with Gasteiger partial charge in [-0.2, -0.15) is 0 Å². The molecule has 0 radical (unpaired) electrons. The van der Waals surface area contributed by atoms with Crippen LogP contribution in [0.2, 0.25) is 0 Å². The van der Waals surface area contributed by atoms with E-state index in [2.05, 4.69) is 46.7 Å². The summed E-state index contributed by atoms with van der Waals surface area (Å²) in [6.45, 7) is 5.98. The van der Waals surface area contributed by atoms with E-state index in [1.165, 1.54) is 37.4 Å². The summed E-state index contributed by atoms with van der Waals surface area (Å²) in [5.41, 5.74) is 0. The molecule has 18 heavy (non-hydrogen) atoms. The Morgan fingerprint density at radius 2 is 2.17 bits per heavy atom. The Bertz CT molecular complexity index is 318. The van der Waals surface area contributed by atoms with Crippen molar-refractivity contribution in [2.45, 2.75) is 18.9 Å². The van der Waals surface area contributed by atoms with E-state index in [0.717, 1.165) is 13.1 Å². The Morgan fingerprint density at radius 1 is 1.39 bits per heavy atom. The summed E-state index contributed by atoms with van der Waals surface area (Å²) < 4.78 is 0. The summed E-state index contributed by atoms with van der Waals surface area (Å²) in [6, 6.07) is 5.01. The SMILES string of the molecule is CN(C)C(CCCN1CCNCC1)c1cccs1. The Kier molecular flexibility index (Phi) is 5.63. The first-order valence-corrected chi connectivity index (χ1v) is 7.78. The first-order chi connectivity index (χ1) is 8.77. The minimum Gasteiger partial charge on any atom is -0.314 e. The van der Waals surface area contributed by atoms with E-state index in [-0.39, 0.29) is 0 Å². The molecule has 3 nitrogen and oxygen atoms in total. The molecule has 102 valence electrons. The molecule has 0 aliphatic carbocycles. The lowest BCUT2D eigenvalue weighted by Gasteiger charge is -2.29. The van der Waals surface area contributed by atoms with Crippen molar-refractivity contribution in [3.63, 3.8) is 0 Å². The molecule has 1 atom stereocenters. The molecule has 1 aromatic rings. The van der Waals surface area contributed by atoms with Crippen LogP contribution in [0.15, 0.2) is 17.5 Å². The van der Waals surface area contributed by atoms with Crippen molar-refractivity contribution in [1.29, 1.82) is 0 Å². The van der Waals surface area contributed by atoms with E-state index in [1.54, 1.807) is 0 Å². The van der Waals surface area contributed by atoms with Gasteiger partial charge in [0.1, 0.15) is 0 Å². The number of hydrogen-bond donors (Lipinski definition) is 1. The Balaban J connectivity index is 1.76. The number of hydrogen-bond acceptors (Lipinski definition) is 4. The maximum absolute atomic E-state index is 3.41. The maximum Gasteiger partial charge on any atom is 0.0435 e. The van der Waals surface area contributed by atoms with Crippen LogP contribution in [0.1, 0.15) is 23.8 Å². The molecule has 2 rings (SSSR count). The van der Waals surface area contributed by atoms with E-state index in [4.69, 9.17) is 0 Å². The molecule has 0 aromatic carbocycles. The van der Waals surface area contributed by atoms with Crippen molar-refractivity contribution in [1.82, 2.24) is 15.1 Å². The number of rotatable bonds is 6. The predicted molar refractivity (Wildman–Crippen MR) is 79.3 cm³/mol. The van der Waals surface area contributed by atoms with Gasteiger partial charge in [0.25, 0.3) is 0 Å². The fraction of sp³-hybridized carbons (Fsp3) is 0.714. The van der Waals surface area contributed by atoms with E-state index in [9.17, 15) is 0 Å². The third-order valence-electron chi connectivity index (χ3n) is 3.66. The first-order valence-electron chi connectivity index (χ1n) is 6.90. The summed E-state index contributed by atoms with van der Waals surface area (Å²) in [4.78, 5) is 6.43. The molecule has 0 amide bonds. The molecule has 1 aliphatic heterocycles. The lowest BCUT2D eigenvalue weighted by Crippen LogP contribution is -2.43. The zero-order valence-corrected chi connectivity index (χ0v) is 12.4. The van der Waals surface area contributed by atoms with Gasteiger partial charge in [0.05, 0.1) is 0 Å². The van der Waals surface area contributed by atoms with Crippen LogP contribution in [0.4, 0.5) is 0 Å². The fourth-order valence-corrected chi connectivity index (χ4v) is 3.54. The number of thiophene rings is 1. The predicted octanol–water partition coefficient (Wildman–Crippen LogP) is 2.04. The van der Waals surface area contributed by atoms with Crippen LogP contribution < -0.4 is 5.32 Å². The smallest absolute Gasteiger partial charge is 0.0435 e. The molecule has 1 unspecified atom stereocenters. The minimum atomic E-state index is 0.591. The van der Waals surface area contributed by atoms with Gasteiger partial charge in [-0.3, -0.25) is 0 Å². The summed E-state index contributed by atoms with van der Waals surface area (Å²) in [6.07, 6.45) is 2.55. The summed E-state index contributed by atoms with van der Waals surface area (Å²) in [5, 5.41) is 5.59. The molecule has 1 saturated heterocycles. The van der Waals surface area contributed by atoms with Gasteiger partial charge in [0.2, 0.25) is 0 Å². The van der Waals surface area contributed by atoms with Crippen LogP contribution in [0.3, 0.4) is 0 Å². The van der Waals surface area contributed by atoms with Crippen molar-refractivity contribution in [2.24, 2.45) is 0 Å². The zero-order chi connectivity index (χ0) is 12.8. The highest BCUT2D eigenvalue weighted by Crippen LogP contribution is 2.27. The van der Waals surface area contributed by atoms with Crippen molar-refractivity contribution in [3.05, 3.63) is 22.4 Å². The van der Waals surface area contributed by atoms with E-state index < -0.39 is 0 Å². The lowest BCUT2D eigenvalue weighted by molar-refractivity contribution is 0.218. The third kappa shape index (κ3) is 4.05. The van der Waals surface area contributed by atoms with Crippen molar-refractivity contribution < 1.29 is 0 Å². The average Bonchev–Trinajstić information content (AvgIpc) is 2.89. The molecule has 4 heteroatoms. The lowest BCUT2D eigenvalue weighted by atomic mass is 10.1. The van der Waals surface area contributed by atoms with Crippen molar-refractivity contribution in [3.8, 4) is 0 Å². The number of piperazine rings is 1. The molecule has 1 aromatic heterocycles. The molecule has 1 aliphatic rings. The highest BCUT2D eigenvalue weighted by Gasteiger charge is 2.16. The van der Waals surface area contributed by atoms with Gasteiger partial charge in [0, 0.05) is 37.1 Å². The Hall–Kier alpha value is -0.420. The number of nitrogens with zero attached hydrogens (tertiary/aromatic N) is 2. The molecule has 2 heterocycles. The van der Waals surface area contributed by atoms with Gasteiger partial charge >= 0.3 is 0 Å². The van der Waals surface area contributed by atoms with Gasteiger partial charge in [-0.15, -0.1) is 11.3 Å². The van der Waals surface area contributed by atoms with E-state index >= 15 is 0 Å². The van der Waals surface area contributed by atoms with Crippen LogP contribution >= 0.6 is 11.3 Å². The molecular weight excluding hydrogens is 242 g/mol. The highest BCUT2D eigenvalue weighted by molar-refractivity contribution is 7.10. The van der Waals surface area contributed by atoms with Crippen LogP contribution in [-0.4, -0.2) is 56.6 Å². The average molecular weight is 267 g/mol. The van der Waals surface area contributed by atoms with Crippen LogP contribution in [0.5, 0.6) is 0 Å². The maximum atomic E-state index is 3.41. The minimum absolute atomic E-state index is 0.591. The summed E-state index contributed by atoms with van der Waals surface area (Å²) in [7, 11) is 4.38. The normalized spacial score (nSPS) is 19.3. The molecule has 1 N–H and O–H groups in total. The Labute approximate surface area is 115 Å². The van der Waals surface area contributed by atoms with E-state index in [0.29, 0.717) is 6.04 Å². The number of nitrogens with one attached hydrogen (secondary N) is 1. The molecule has 1 fully saturated rings. The topological polar surface area (TPSA) is 18.5 Å². The molecule has 0 saturated carbocycles. The molecule has 0 bridgehead atoms. The van der Waals surface area contributed by atoms with E-state index in [1.807, 2.05) is 11.3 Å². The first kappa shape index (κ1) is 14.0. The van der Waals surface area contributed by atoms with Gasteiger partial charge < -0.3 is 15.1 Å². The standard InChI is InChI=1S/C14H25N3S/c1-16(2)13(14-6-4-12-18-14)5-3-9-17-10-7-15-8-11-17/h4,6,12-13,15H,3,5,7-11H2,1-2H3. The molecular formula is C14H25N3S. The van der Waals surface area contributed by atoms with Crippen molar-refractivity contribution >= 4 is 11.3 Å². The molecule has 0 spiro atoms. The highest BCUT2D eigenvalue weighted by atomic mass is 32.1. The van der Waals surface area contributed by atoms with Gasteiger partial charge in [0.15, 0.2) is 0 Å². The van der Waals surface area contributed by atoms with Crippen LogP contribution in [0.25, 0.3) is 0 Å². The monoisotopic (exact) mass is 267 g/mol. The second-order valence-electron chi connectivity index (χ2n) is 5.23. The van der Waals surface area contributed by atoms with Gasteiger partial charge in [-0.05, 0) is 44.9 Å². The summed E-state index contributed by atoms with van der Waals surface area (Å²) in [5.74, 6) is 0. The second kappa shape index (κ2) is 7.24. The third-order valence-corrected chi connectivity index (χ3v) is 4.63. The van der Waals surface area contributed by atoms with Crippen molar-refractivity contribution in [2.75, 3.05) is 46.8 Å². The summed E-state index contributed by atoms with van der Waals surface area (Å²) >= 11 is 1.88. The van der Waals surface area contributed by atoms with Crippen LogP contribution in [-0.2, 0) is 0 Å². The quantitative estimate of drug-likeness (QED) is 0.851. The van der Waals surface area contributed by atoms with Gasteiger partial charge in [-0.25, -0.2) is 0 Å². The van der Waals surface area contributed by atoms with Crippen LogP contribution in [0, 0.1) is 0 Å². The Morgan fingerprint density at radius 3 is 2.78 bits per heavy atom. The largest absolute Gasteiger partial charge is 0.314 e. The zero-order valence-electron chi connectivity index (χ0n) is 11.6.